The highest BCUT2D eigenvalue weighted by Crippen LogP contribution is 2.48. The summed E-state index contributed by atoms with van der Waals surface area (Å²) < 4.78 is 6.61. The molecule has 5 nitrogen and oxygen atoms in total. The van der Waals surface area contributed by atoms with Crippen LogP contribution in [0, 0.1) is 0 Å². The third-order valence-corrected chi connectivity index (χ3v) is 11.1. The molecule has 0 saturated heterocycles. The molecule has 228 valence electrons. The van der Waals surface area contributed by atoms with E-state index in [0.717, 1.165) is 33.4 Å². The first-order valence-electron chi connectivity index (χ1n) is 16.3. The lowest BCUT2D eigenvalue weighted by atomic mass is 9.99. The molecule has 0 unspecified atom stereocenters. The largest absolute Gasteiger partial charge is 0.308 e. The van der Waals surface area contributed by atoms with Gasteiger partial charge in [0.25, 0.3) is 5.56 Å². The number of nitrogens with zero attached hydrogens (tertiary/aromatic N) is 4. The molecule has 11 aromatic rings. The smallest absolute Gasteiger partial charge is 0.267 e. The van der Waals surface area contributed by atoms with Crippen LogP contribution >= 0.6 is 11.3 Å². The molecule has 0 aliphatic rings. The molecule has 7 aromatic carbocycles. The van der Waals surface area contributed by atoms with Gasteiger partial charge in [-0.1, -0.05) is 103 Å². The number of aromatic nitrogens is 4. The maximum absolute atomic E-state index is 14.0. The van der Waals surface area contributed by atoms with E-state index in [1.54, 1.807) is 4.40 Å². The zero-order chi connectivity index (χ0) is 32.2. The quantitative estimate of drug-likeness (QED) is 0.139. The molecular weight excluding hydrogens is 621 g/mol. The van der Waals surface area contributed by atoms with Crippen molar-refractivity contribution in [3.05, 3.63) is 156 Å². The molecule has 0 aliphatic heterocycles. The van der Waals surface area contributed by atoms with Crippen molar-refractivity contribution in [2.75, 3.05) is 0 Å². The number of hydrogen-bond acceptors (Lipinski definition) is 4. The fraction of sp³-hybridized carbons (Fsp3) is 0. The highest BCUT2D eigenvalue weighted by molar-refractivity contribution is 7.27. The minimum absolute atomic E-state index is 0.124. The second-order valence-corrected chi connectivity index (χ2v) is 13.6. The van der Waals surface area contributed by atoms with Gasteiger partial charge in [0, 0.05) is 42.9 Å². The Labute approximate surface area is 282 Å². The lowest BCUT2D eigenvalue weighted by Gasteiger charge is -2.15. The minimum Gasteiger partial charge on any atom is -0.308 e. The maximum Gasteiger partial charge on any atom is 0.267 e. The maximum atomic E-state index is 14.0. The van der Waals surface area contributed by atoms with E-state index in [1.165, 1.54) is 47.2 Å². The minimum atomic E-state index is -0.124. The number of benzene rings is 7. The lowest BCUT2D eigenvalue weighted by molar-refractivity contribution is 1.07. The summed E-state index contributed by atoms with van der Waals surface area (Å²) in [6.07, 6.45) is 0. The van der Waals surface area contributed by atoms with Gasteiger partial charge in [-0.05, 0) is 53.2 Å². The van der Waals surface area contributed by atoms with Crippen LogP contribution in [0.4, 0.5) is 0 Å². The Kier molecular flexibility index (Phi) is 5.35. The summed E-state index contributed by atoms with van der Waals surface area (Å²) in [5.41, 5.74) is 6.37. The average molecular weight is 645 g/mol. The van der Waals surface area contributed by atoms with Crippen LogP contribution in [-0.2, 0) is 0 Å². The van der Waals surface area contributed by atoms with E-state index in [1.807, 2.05) is 53.8 Å². The fourth-order valence-corrected chi connectivity index (χ4v) is 9.09. The van der Waals surface area contributed by atoms with Crippen molar-refractivity contribution >= 4 is 91.7 Å². The van der Waals surface area contributed by atoms with E-state index in [4.69, 9.17) is 9.97 Å². The topological polar surface area (TPSA) is 52.2 Å². The predicted octanol–water partition coefficient (Wildman–Crippen LogP) is 10.7. The van der Waals surface area contributed by atoms with Gasteiger partial charge in [0.05, 0.1) is 37.8 Å². The SMILES string of the molecule is O=c1c2ccccc2nc2nc(-c3ccccc3)c3cc(-n4c5ccccc5c5c6ccccc6c6c7ccccc7sc6c54)ccc3n12. The van der Waals surface area contributed by atoms with Crippen LogP contribution in [0.5, 0.6) is 0 Å². The number of fused-ring (bicyclic) bond motifs is 14. The van der Waals surface area contributed by atoms with Crippen molar-refractivity contribution in [1.29, 1.82) is 0 Å². The van der Waals surface area contributed by atoms with Gasteiger partial charge in [-0.25, -0.2) is 14.4 Å². The third-order valence-electron chi connectivity index (χ3n) is 9.90. The van der Waals surface area contributed by atoms with E-state index < -0.39 is 0 Å². The van der Waals surface area contributed by atoms with Gasteiger partial charge in [0.2, 0.25) is 5.78 Å². The molecule has 0 spiro atoms. The van der Waals surface area contributed by atoms with Crippen molar-refractivity contribution in [3.63, 3.8) is 0 Å². The molecule has 0 fully saturated rings. The Morgan fingerprint density at radius 3 is 2.04 bits per heavy atom. The van der Waals surface area contributed by atoms with Gasteiger partial charge in [0.15, 0.2) is 0 Å². The van der Waals surface area contributed by atoms with Crippen LogP contribution in [0.1, 0.15) is 0 Å². The first-order valence-corrected chi connectivity index (χ1v) is 17.1. The van der Waals surface area contributed by atoms with Crippen molar-refractivity contribution in [2.45, 2.75) is 0 Å². The molecule has 0 radical (unpaired) electrons. The first kappa shape index (κ1) is 26.7. The molecule has 11 rings (SSSR count). The van der Waals surface area contributed by atoms with Crippen molar-refractivity contribution in [3.8, 4) is 16.9 Å². The van der Waals surface area contributed by atoms with Gasteiger partial charge in [-0.2, -0.15) is 0 Å². The summed E-state index contributed by atoms with van der Waals surface area (Å²) >= 11 is 1.85. The zero-order valence-corrected chi connectivity index (χ0v) is 26.8. The number of para-hydroxylation sites is 2. The first-order chi connectivity index (χ1) is 24.2. The Balaban J connectivity index is 1.34. The van der Waals surface area contributed by atoms with Crippen LogP contribution < -0.4 is 5.56 Å². The summed E-state index contributed by atoms with van der Waals surface area (Å²) in [6.45, 7) is 0. The van der Waals surface area contributed by atoms with Crippen LogP contribution in [0.25, 0.3) is 97.3 Å². The number of thiophene rings is 1. The second-order valence-electron chi connectivity index (χ2n) is 12.5. The van der Waals surface area contributed by atoms with E-state index in [2.05, 4.69) is 108 Å². The third kappa shape index (κ3) is 3.61. The van der Waals surface area contributed by atoms with Crippen LogP contribution in [0.3, 0.4) is 0 Å². The van der Waals surface area contributed by atoms with E-state index >= 15 is 0 Å². The van der Waals surface area contributed by atoms with Crippen molar-refractivity contribution in [2.24, 2.45) is 0 Å². The molecule has 0 atom stereocenters. The fourth-order valence-electron chi connectivity index (χ4n) is 7.83. The Morgan fingerprint density at radius 1 is 0.531 bits per heavy atom. The van der Waals surface area contributed by atoms with Crippen LogP contribution in [-0.4, -0.2) is 18.9 Å². The summed E-state index contributed by atoms with van der Waals surface area (Å²) in [5.74, 6) is 0.387. The van der Waals surface area contributed by atoms with E-state index in [9.17, 15) is 4.79 Å². The molecule has 4 heterocycles. The zero-order valence-electron chi connectivity index (χ0n) is 26.0. The lowest BCUT2D eigenvalue weighted by Crippen LogP contribution is -2.17. The van der Waals surface area contributed by atoms with Gasteiger partial charge >= 0.3 is 0 Å². The molecule has 4 aromatic heterocycles. The molecule has 0 aliphatic carbocycles. The summed E-state index contributed by atoms with van der Waals surface area (Å²) in [5, 5.41) is 8.98. The van der Waals surface area contributed by atoms with Gasteiger partial charge in [0.1, 0.15) is 0 Å². The van der Waals surface area contributed by atoms with E-state index in [-0.39, 0.29) is 5.56 Å². The summed E-state index contributed by atoms with van der Waals surface area (Å²) in [7, 11) is 0. The van der Waals surface area contributed by atoms with Gasteiger partial charge in [-0.3, -0.25) is 4.79 Å². The summed E-state index contributed by atoms with van der Waals surface area (Å²) in [6, 6.07) is 50.3. The highest BCUT2D eigenvalue weighted by atomic mass is 32.1. The number of hydrogen-bond donors (Lipinski definition) is 0. The Morgan fingerprint density at radius 2 is 1.20 bits per heavy atom. The van der Waals surface area contributed by atoms with E-state index in [0.29, 0.717) is 16.7 Å². The Hall–Kier alpha value is -6.37. The molecule has 49 heavy (non-hydrogen) atoms. The Bertz CT molecular complexity index is 3250. The normalized spacial score (nSPS) is 12.2. The monoisotopic (exact) mass is 644 g/mol. The number of rotatable bonds is 2. The molecule has 0 bridgehead atoms. The van der Waals surface area contributed by atoms with Gasteiger partial charge < -0.3 is 4.57 Å². The molecule has 0 saturated carbocycles. The van der Waals surface area contributed by atoms with Crippen LogP contribution in [0.2, 0.25) is 0 Å². The molecular formula is C43H24N4OS. The molecule has 6 heteroatoms. The van der Waals surface area contributed by atoms with Crippen LogP contribution in [0.15, 0.2) is 150 Å². The molecule has 0 N–H and O–H groups in total. The van der Waals surface area contributed by atoms with Gasteiger partial charge in [-0.15, -0.1) is 11.3 Å². The molecule has 0 amide bonds. The standard InChI is InChI=1S/C43H24N4OS/c48-42-29-16-6-9-19-33(29)44-43-45-39(25-12-2-1-3-13-25)32-24-26(22-23-35(32)47(42)43)46-34-20-10-7-17-30(34)37-27-14-4-5-15-28(27)38-31-18-8-11-21-36(31)49-41(38)40(37)46/h1-24H. The predicted molar refractivity (Wildman–Crippen MR) is 204 cm³/mol. The summed E-state index contributed by atoms with van der Waals surface area (Å²) in [4.78, 5) is 24.0. The highest BCUT2D eigenvalue weighted by Gasteiger charge is 2.23. The van der Waals surface area contributed by atoms with Crippen molar-refractivity contribution < 1.29 is 0 Å². The van der Waals surface area contributed by atoms with Crippen molar-refractivity contribution in [1.82, 2.24) is 18.9 Å². The average Bonchev–Trinajstić information content (AvgIpc) is 3.72. The second kappa shape index (κ2) is 9.83.